The number of ether oxygens (including phenoxy) is 2. The third-order valence-electron chi connectivity index (χ3n) is 5.81. The first kappa shape index (κ1) is 26.5. The Morgan fingerprint density at radius 2 is 1.61 bits per heavy atom. The van der Waals surface area contributed by atoms with E-state index in [9.17, 15) is 4.79 Å². The highest BCUT2D eigenvalue weighted by Gasteiger charge is 2.22. The van der Waals surface area contributed by atoms with Crippen LogP contribution in [0.1, 0.15) is 28.5 Å². The Hall–Kier alpha value is -4.56. The molecule has 2 aromatic heterocycles. The Morgan fingerprint density at radius 3 is 2.29 bits per heavy atom. The Balaban J connectivity index is 0.00000336. The summed E-state index contributed by atoms with van der Waals surface area (Å²) in [7, 11) is 0. The molecule has 5 aromatic rings. The van der Waals surface area contributed by atoms with E-state index < -0.39 is 5.97 Å². The van der Waals surface area contributed by atoms with Gasteiger partial charge in [0.1, 0.15) is 17.9 Å². The summed E-state index contributed by atoms with van der Waals surface area (Å²) in [5, 5.41) is 14.4. The summed E-state index contributed by atoms with van der Waals surface area (Å²) in [5.74, 6) is 0.519. The predicted octanol–water partition coefficient (Wildman–Crippen LogP) is 6.08. The first-order chi connectivity index (χ1) is 18.1. The largest absolute Gasteiger partial charge is 0.488 e. The Morgan fingerprint density at radius 1 is 0.895 bits per heavy atom. The number of H-pyrrole nitrogens is 1. The molecule has 0 unspecified atom stereocenters. The van der Waals surface area contributed by atoms with E-state index in [1.54, 1.807) is 13.0 Å². The zero-order chi connectivity index (χ0) is 25.6. The Bertz CT molecular complexity index is 1510. The first-order valence-electron chi connectivity index (χ1n) is 11.9. The van der Waals surface area contributed by atoms with E-state index in [2.05, 4.69) is 25.6 Å². The van der Waals surface area contributed by atoms with Gasteiger partial charge in [0, 0.05) is 22.9 Å². The standard InChI is InChI=1S/C29H25N5O3.ClH/c1-3-36-29(35)26-25(17-19(2)30-27(26)22-9-5-4-6-10-22)37-18-20-13-15-21(16-14-20)23-11-7-8-12-24(23)28-31-33-34-32-28;/h4-17H,3,18H2,1-2H3,(H,31,32,33,34);1H. The molecule has 192 valence electrons. The molecule has 8 nitrogen and oxygen atoms in total. The summed E-state index contributed by atoms with van der Waals surface area (Å²) in [4.78, 5) is 17.6. The number of nitrogens with one attached hydrogen (secondary N) is 1. The van der Waals surface area contributed by atoms with Crippen LogP contribution in [0.4, 0.5) is 0 Å². The molecule has 0 spiro atoms. The Kier molecular flexibility index (Phi) is 8.45. The first-order valence-corrected chi connectivity index (χ1v) is 11.9. The molecule has 38 heavy (non-hydrogen) atoms. The number of aromatic amines is 1. The molecular weight excluding hydrogens is 502 g/mol. The quantitative estimate of drug-likeness (QED) is 0.244. The molecule has 3 aromatic carbocycles. The van der Waals surface area contributed by atoms with Crippen LogP contribution in [0.25, 0.3) is 33.8 Å². The van der Waals surface area contributed by atoms with Gasteiger partial charge in [0.25, 0.3) is 0 Å². The molecule has 2 heterocycles. The van der Waals surface area contributed by atoms with Crippen LogP contribution in [0.5, 0.6) is 5.75 Å². The number of esters is 1. The normalized spacial score (nSPS) is 10.5. The summed E-state index contributed by atoms with van der Waals surface area (Å²) in [6.07, 6.45) is 0. The van der Waals surface area contributed by atoms with Gasteiger partial charge in [0.05, 0.1) is 12.3 Å². The molecular formula is C29H26ClN5O3. The number of benzene rings is 3. The molecule has 5 rings (SSSR count). The average molecular weight is 528 g/mol. The second-order valence-electron chi connectivity index (χ2n) is 8.34. The van der Waals surface area contributed by atoms with Crippen LogP contribution >= 0.6 is 12.4 Å². The van der Waals surface area contributed by atoms with Crippen molar-refractivity contribution in [3.63, 3.8) is 0 Å². The minimum Gasteiger partial charge on any atom is -0.488 e. The monoisotopic (exact) mass is 527 g/mol. The maximum absolute atomic E-state index is 13.0. The van der Waals surface area contributed by atoms with Gasteiger partial charge in [-0.1, -0.05) is 78.9 Å². The van der Waals surface area contributed by atoms with Crippen molar-refractivity contribution < 1.29 is 14.3 Å². The lowest BCUT2D eigenvalue weighted by Crippen LogP contribution is -2.11. The number of carbonyl (C=O) groups is 1. The number of tetrazole rings is 1. The van der Waals surface area contributed by atoms with Crippen molar-refractivity contribution >= 4 is 18.4 Å². The van der Waals surface area contributed by atoms with Crippen molar-refractivity contribution in [2.45, 2.75) is 20.5 Å². The fourth-order valence-electron chi connectivity index (χ4n) is 4.11. The molecule has 0 fully saturated rings. The van der Waals surface area contributed by atoms with Gasteiger partial charge >= 0.3 is 5.97 Å². The molecule has 0 saturated heterocycles. The predicted molar refractivity (Wildman–Crippen MR) is 147 cm³/mol. The third-order valence-corrected chi connectivity index (χ3v) is 5.81. The zero-order valence-electron chi connectivity index (χ0n) is 20.9. The Labute approximate surface area is 226 Å². The van der Waals surface area contributed by atoms with Crippen molar-refractivity contribution in [3.8, 4) is 39.5 Å². The minimum atomic E-state index is -0.461. The molecule has 0 aliphatic carbocycles. The van der Waals surface area contributed by atoms with Crippen LogP contribution in [-0.2, 0) is 11.3 Å². The van der Waals surface area contributed by atoms with Gasteiger partial charge in [-0.25, -0.2) is 4.79 Å². The van der Waals surface area contributed by atoms with Gasteiger partial charge in [-0.2, -0.15) is 5.21 Å². The lowest BCUT2D eigenvalue weighted by atomic mass is 9.98. The lowest BCUT2D eigenvalue weighted by Gasteiger charge is -2.16. The second-order valence-corrected chi connectivity index (χ2v) is 8.34. The van der Waals surface area contributed by atoms with Gasteiger partial charge in [0.2, 0.25) is 5.82 Å². The molecule has 0 amide bonds. The molecule has 0 aliphatic heterocycles. The van der Waals surface area contributed by atoms with Crippen LogP contribution in [0.15, 0.2) is 84.9 Å². The SMILES string of the molecule is CCOC(=O)c1c(OCc2ccc(-c3ccccc3-c3nn[nH]n3)cc2)cc(C)nc1-c1ccccc1.Cl. The van der Waals surface area contributed by atoms with Crippen molar-refractivity contribution in [1.29, 1.82) is 0 Å². The van der Waals surface area contributed by atoms with Crippen LogP contribution in [0.3, 0.4) is 0 Å². The summed E-state index contributed by atoms with van der Waals surface area (Å²) >= 11 is 0. The molecule has 0 radical (unpaired) electrons. The fraction of sp³-hybridized carbons (Fsp3) is 0.138. The van der Waals surface area contributed by atoms with E-state index in [1.807, 2.05) is 85.8 Å². The maximum Gasteiger partial charge on any atom is 0.344 e. The van der Waals surface area contributed by atoms with E-state index in [0.717, 1.165) is 33.5 Å². The van der Waals surface area contributed by atoms with Gasteiger partial charge in [-0.15, -0.1) is 22.6 Å². The van der Waals surface area contributed by atoms with Gasteiger partial charge in [-0.3, -0.25) is 4.98 Å². The number of pyridine rings is 1. The van der Waals surface area contributed by atoms with Crippen LogP contribution < -0.4 is 4.74 Å². The summed E-state index contributed by atoms with van der Waals surface area (Å²) in [5.41, 5.74) is 6.29. The van der Waals surface area contributed by atoms with Crippen molar-refractivity contribution in [1.82, 2.24) is 25.6 Å². The number of aromatic nitrogens is 5. The number of nitrogens with zero attached hydrogens (tertiary/aromatic N) is 4. The highest BCUT2D eigenvalue weighted by Crippen LogP contribution is 2.32. The smallest absolute Gasteiger partial charge is 0.344 e. The molecule has 0 saturated carbocycles. The number of rotatable bonds is 8. The highest BCUT2D eigenvalue weighted by molar-refractivity contribution is 5.99. The highest BCUT2D eigenvalue weighted by atomic mass is 35.5. The van der Waals surface area contributed by atoms with E-state index in [4.69, 9.17) is 9.47 Å². The lowest BCUT2D eigenvalue weighted by molar-refractivity contribution is 0.0521. The van der Waals surface area contributed by atoms with Gasteiger partial charge in [0.15, 0.2) is 0 Å². The number of halogens is 1. The average Bonchev–Trinajstić information content (AvgIpc) is 3.47. The van der Waals surface area contributed by atoms with Gasteiger partial charge < -0.3 is 9.47 Å². The zero-order valence-corrected chi connectivity index (χ0v) is 21.7. The van der Waals surface area contributed by atoms with E-state index in [1.165, 1.54) is 0 Å². The van der Waals surface area contributed by atoms with Crippen molar-refractivity contribution in [3.05, 3.63) is 102 Å². The summed E-state index contributed by atoms with van der Waals surface area (Å²) in [6, 6.07) is 27.3. The van der Waals surface area contributed by atoms with E-state index in [-0.39, 0.29) is 25.6 Å². The molecule has 9 heteroatoms. The number of hydrogen-bond acceptors (Lipinski definition) is 7. The second kappa shape index (κ2) is 12.1. The fourth-order valence-corrected chi connectivity index (χ4v) is 4.11. The van der Waals surface area contributed by atoms with Crippen LogP contribution in [0, 0.1) is 6.92 Å². The topological polar surface area (TPSA) is 103 Å². The van der Waals surface area contributed by atoms with E-state index >= 15 is 0 Å². The molecule has 0 aliphatic rings. The number of carbonyl (C=O) groups excluding carboxylic acids is 1. The number of hydrogen-bond donors (Lipinski definition) is 1. The van der Waals surface area contributed by atoms with Crippen molar-refractivity contribution in [2.24, 2.45) is 0 Å². The molecule has 1 N–H and O–H groups in total. The maximum atomic E-state index is 13.0. The van der Waals surface area contributed by atoms with Crippen LogP contribution in [-0.4, -0.2) is 38.2 Å². The minimum absolute atomic E-state index is 0. The molecule has 0 atom stereocenters. The molecule has 0 bridgehead atoms. The van der Waals surface area contributed by atoms with Crippen molar-refractivity contribution in [2.75, 3.05) is 6.61 Å². The summed E-state index contributed by atoms with van der Waals surface area (Å²) < 4.78 is 11.5. The van der Waals surface area contributed by atoms with Gasteiger partial charge in [-0.05, 0) is 35.8 Å². The van der Waals surface area contributed by atoms with Crippen LogP contribution in [0.2, 0.25) is 0 Å². The third kappa shape index (κ3) is 5.71. The summed E-state index contributed by atoms with van der Waals surface area (Å²) in [6.45, 7) is 4.19. The number of aryl methyl sites for hydroxylation is 1. The van der Waals surface area contributed by atoms with E-state index in [0.29, 0.717) is 22.8 Å².